The summed E-state index contributed by atoms with van der Waals surface area (Å²) in [6.07, 6.45) is -36.3. The van der Waals surface area contributed by atoms with Crippen LogP contribution in [0.1, 0.15) is 101 Å². The molecule has 0 saturated carbocycles. The summed E-state index contributed by atoms with van der Waals surface area (Å²) in [7, 11) is 0.896. The van der Waals surface area contributed by atoms with Gasteiger partial charge in [0.2, 0.25) is 53.8 Å². The number of aromatic hydroxyl groups is 4. The molecule has 7 aromatic carbocycles. The highest BCUT2D eigenvalue weighted by atomic mass is 35.5. The lowest BCUT2D eigenvalue weighted by atomic mass is 9.89. The topological polar surface area (TPSA) is 658 Å². The molecule has 12 unspecified atom stereocenters. The molecule has 4 fully saturated rings. The Morgan fingerprint density at radius 1 is 0.496 bits per heavy atom. The molecule has 42 nitrogen and oxygen atoms in total. The fourth-order valence-electron chi connectivity index (χ4n) is 16.1. The summed E-state index contributed by atoms with van der Waals surface area (Å²) in [5.41, 5.74) is 10.3. The number of benzene rings is 7. The fraction of sp³-hybridized carbons (Fsp3) is 0.417. The highest BCUT2D eigenvalue weighted by molar-refractivity contribution is 6.32. The Morgan fingerprint density at radius 2 is 1.08 bits per heavy atom. The molecule has 127 heavy (non-hydrogen) atoms. The number of methoxy groups -OCH3 is 1. The van der Waals surface area contributed by atoms with Gasteiger partial charge in [0.25, 0.3) is 0 Å². The third-order valence-corrected chi connectivity index (χ3v) is 23.5. The summed E-state index contributed by atoms with van der Waals surface area (Å²) < 4.78 is 75.0. The van der Waals surface area contributed by atoms with Crippen LogP contribution in [0.5, 0.6) is 69.0 Å². The number of carbonyl (C=O) groups is 7. The molecule has 25 N–H and O–H groups in total. The summed E-state index contributed by atoms with van der Waals surface area (Å²) in [6, 6.07) is 5.96. The Kier molecular flexibility index (Phi) is 26.1. The predicted molar refractivity (Wildman–Crippen MR) is 428 cm³/mol. The number of rotatable bonds is 11. The monoisotopic (exact) mass is 1790 g/mol. The fourth-order valence-corrected chi connectivity index (χ4v) is 16.3. The van der Waals surface area contributed by atoms with E-state index in [9.17, 15) is 86.2 Å². The van der Waals surface area contributed by atoms with Gasteiger partial charge in [-0.1, -0.05) is 41.9 Å². The van der Waals surface area contributed by atoms with Crippen LogP contribution in [0.25, 0.3) is 11.1 Å². The number of amides is 6. The van der Waals surface area contributed by atoms with E-state index >= 15 is 24.0 Å². The number of carbonyl (C=O) groups excluding carboxylic acids is 7. The SMILES string of the molecule is COC(=O)C1NC(=O)C2NC(=O)C(NC(=O)C3NC(=O)C4NC(=O)C(Cc5ccc(cc5)Oc5cc3cc(c5OC3O[C@H](CO)[C@@H](O)[C@H](O)[C@H]3OC3O[C@H](C)[C@@H](O)[C@H](O)[C@@H]3O)Oc3ccc(cc3Cl)C2OC2C[C@@H](N)[C@H](O)[C@@H](C)O2)NC(=O)C(N)c2ccc(O)c(c2)Oc2cc4cc(O)c2C)c2ccc(O)c(c2)-c2c(OC3O[C@H](CO)[C@@H](O)[C@H](O)[C@@H]3O)cc(O)cc21. The molecule has 0 aliphatic carbocycles. The van der Waals surface area contributed by atoms with Gasteiger partial charge >= 0.3 is 5.97 Å². The Hall–Kier alpha value is -11.4. The van der Waals surface area contributed by atoms with Gasteiger partial charge in [0.15, 0.2) is 47.7 Å². The third-order valence-electron chi connectivity index (χ3n) is 23.2. The lowest BCUT2D eigenvalue weighted by molar-refractivity contribution is -0.354. The normalized spacial score (nSPS) is 32.7. The highest BCUT2D eigenvalue weighted by Gasteiger charge is 2.53. The summed E-state index contributed by atoms with van der Waals surface area (Å²) in [5, 5.41) is 185. The zero-order chi connectivity index (χ0) is 90.9. The van der Waals surface area contributed by atoms with Crippen molar-refractivity contribution < 1.29 is 167 Å². The van der Waals surface area contributed by atoms with Crippen molar-refractivity contribution in [1.29, 1.82) is 0 Å². The van der Waals surface area contributed by atoms with Crippen LogP contribution in [0.15, 0.2) is 115 Å². The van der Waals surface area contributed by atoms with Gasteiger partial charge in [0, 0.05) is 47.2 Å². The standard InChI is InChI=1S/C84H91ClN8O34/c1-28-46(99)18-35-20-48(28)121-49-19-32(7-13-45(49)98)57(87)76(110)88-43-15-31-5-10-38(11-6-31)119-51-21-36-22-52(73(51)126-84-74(69(106)66(103)54(27-95)124-84)127-82-70(107)67(104)64(101)30(3)118-82)120-47-14-9-34(17-41(47)85)72(125-55-25-42(86)63(100)29(2)117-55)62-80(114)92-61(81(115)116-4)40-23-37(96)24-50(122-83-71(108)68(105)65(102)53(26-94)123-83)56(40)39-16-33(8-12-44(39)97)58(77(111)93-62)90-79(113)60(36)91-78(112)59(35)89-75(43)109/h5-14,16-24,29-30,42-43,53-55,57-72,74,82-84,94-108H,15,25-27,86-87H2,1-4H3,(H,88,110)(H,89,109)(H,90,113)(H,91,112)(H,92,114)(H,93,111)/t29-,30-,42-,43?,53-,54-,55?,57?,58?,59?,60?,61?,62?,63-,64-,65-,66-,67+,68+,69+,70+,71+,72?,74-,82?,83?,84?/m1/s1. The minimum atomic E-state index is -2.46. The molecule has 4 saturated heterocycles. The van der Waals surface area contributed by atoms with Crippen LogP contribution in [0.2, 0.25) is 5.02 Å². The Bertz CT molecular complexity index is 5370. The van der Waals surface area contributed by atoms with Gasteiger partial charge in [-0.2, -0.15) is 0 Å². The van der Waals surface area contributed by atoms with Crippen molar-refractivity contribution in [1.82, 2.24) is 31.9 Å². The molecule has 10 aliphatic heterocycles. The average molecular weight is 1790 g/mol. The molecule has 0 aromatic heterocycles. The highest BCUT2D eigenvalue weighted by Crippen LogP contribution is 2.51. The van der Waals surface area contributed by atoms with Crippen LogP contribution in [0.4, 0.5) is 0 Å². The smallest absolute Gasteiger partial charge is 0.333 e. The van der Waals surface area contributed by atoms with Gasteiger partial charge in [-0.15, -0.1) is 0 Å². The van der Waals surface area contributed by atoms with Crippen molar-refractivity contribution in [3.05, 3.63) is 165 Å². The second-order valence-electron chi connectivity index (χ2n) is 31.7. The second kappa shape index (κ2) is 36.7. The first-order valence-electron chi connectivity index (χ1n) is 40.0. The number of halogens is 1. The van der Waals surface area contributed by atoms with Gasteiger partial charge in [0.05, 0.1) is 43.7 Å². The number of hydrogen-bond acceptors (Lipinski definition) is 36. The molecule has 0 spiro atoms. The van der Waals surface area contributed by atoms with Gasteiger partial charge in [-0.05, 0) is 133 Å². The molecule has 17 bridgehead atoms. The number of aliphatic hydroxyl groups excluding tert-OH is 11. The van der Waals surface area contributed by atoms with Crippen molar-refractivity contribution in [3.8, 4) is 80.1 Å². The van der Waals surface area contributed by atoms with Crippen molar-refractivity contribution in [2.24, 2.45) is 11.5 Å². The minimum absolute atomic E-state index is 0.0334. The number of aliphatic hydroxyl groups is 11. The van der Waals surface area contributed by atoms with Gasteiger partial charge < -0.3 is 177 Å². The van der Waals surface area contributed by atoms with Crippen LogP contribution >= 0.6 is 11.6 Å². The summed E-state index contributed by atoms with van der Waals surface area (Å²) >= 11 is 7.46. The van der Waals surface area contributed by atoms with Crippen LogP contribution in [0.3, 0.4) is 0 Å². The zero-order valence-electron chi connectivity index (χ0n) is 67.4. The maximum absolute atomic E-state index is 17.0. The van der Waals surface area contributed by atoms with Crippen molar-refractivity contribution >= 4 is 53.0 Å². The summed E-state index contributed by atoms with van der Waals surface area (Å²) in [4.78, 5) is 111. The zero-order valence-corrected chi connectivity index (χ0v) is 68.1. The first kappa shape index (κ1) is 90.4. The molecule has 10 aliphatic rings. The van der Waals surface area contributed by atoms with Crippen molar-refractivity contribution in [2.75, 3.05) is 20.3 Å². The number of fused-ring (bicyclic) bond motifs is 14. The second-order valence-corrected chi connectivity index (χ2v) is 32.1. The molecule has 27 atom stereocenters. The molecular formula is C84H91ClN8O34. The lowest BCUT2D eigenvalue weighted by Gasteiger charge is -2.45. The Morgan fingerprint density at radius 3 is 1.76 bits per heavy atom. The summed E-state index contributed by atoms with van der Waals surface area (Å²) in [5.74, 6) is -15.8. The van der Waals surface area contributed by atoms with E-state index in [0.29, 0.717) is 0 Å². The maximum atomic E-state index is 17.0. The number of nitrogens with one attached hydrogen (secondary N) is 6. The minimum Gasteiger partial charge on any atom is -0.508 e. The molecule has 7 aromatic rings. The summed E-state index contributed by atoms with van der Waals surface area (Å²) in [6.45, 7) is 2.09. The molecular weight excluding hydrogens is 1700 g/mol. The van der Waals surface area contributed by atoms with E-state index in [2.05, 4.69) is 31.9 Å². The Balaban J connectivity index is 0.991. The molecule has 10 heterocycles. The van der Waals surface area contributed by atoms with E-state index in [1.807, 2.05) is 0 Å². The molecule has 6 amide bonds. The van der Waals surface area contributed by atoms with Crippen LogP contribution in [0, 0.1) is 6.92 Å². The number of ether oxygens (including phenoxy) is 12. The van der Waals surface area contributed by atoms with Crippen molar-refractivity contribution in [2.45, 2.75) is 199 Å². The number of phenolic OH excluding ortho intramolecular Hbond substituents is 4. The van der Waals surface area contributed by atoms with Crippen LogP contribution in [-0.4, -0.2) is 267 Å². The quantitative estimate of drug-likeness (QED) is 0.0647. The van der Waals surface area contributed by atoms with E-state index in [1.54, 1.807) is 0 Å². The lowest BCUT2D eigenvalue weighted by Crippen LogP contribution is -2.64. The van der Waals surface area contributed by atoms with Gasteiger partial charge in [-0.3, -0.25) is 28.8 Å². The number of esters is 1. The van der Waals surface area contributed by atoms with Gasteiger partial charge in [-0.25, -0.2) is 4.79 Å². The number of hydrogen-bond donors (Lipinski definition) is 23. The molecule has 0 radical (unpaired) electrons. The van der Waals surface area contributed by atoms with E-state index in [1.165, 1.54) is 81.4 Å². The average Bonchev–Trinajstić information content (AvgIpc) is 0.754. The van der Waals surface area contributed by atoms with E-state index in [-0.39, 0.29) is 51.5 Å². The maximum Gasteiger partial charge on any atom is 0.333 e. The first-order valence-corrected chi connectivity index (χ1v) is 40.3. The van der Waals surface area contributed by atoms with E-state index in [4.69, 9.17) is 79.9 Å². The van der Waals surface area contributed by atoms with Crippen LogP contribution in [-0.2, 0) is 73.1 Å². The van der Waals surface area contributed by atoms with E-state index < -0.39 is 311 Å². The van der Waals surface area contributed by atoms with E-state index in [0.717, 1.165) is 61.7 Å². The van der Waals surface area contributed by atoms with Crippen LogP contribution < -0.4 is 67.1 Å². The molecule has 17 rings (SSSR count). The van der Waals surface area contributed by atoms with Crippen molar-refractivity contribution in [3.63, 3.8) is 0 Å². The Labute approximate surface area is 724 Å². The predicted octanol–water partition coefficient (Wildman–Crippen LogP) is -1.63. The molecule has 43 heteroatoms. The number of nitrogens with two attached hydrogens (primary N) is 2. The number of phenols is 4. The largest absolute Gasteiger partial charge is 0.508 e. The third kappa shape index (κ3) is 18.1. The first-order chi connectivity index (χ1) is 60.5. The molecule has 678 valence electrons. The van der Waals surface area contributed by atoms with Gasteiger partial charge in [0.1, 0.15) is 144 Å².